The van der Waals surface area contributed by atoms with Crippen molar-refractivity contribution in [3.05, 3.63) is 29.3 Å². The average Bonchev–Trinajstić information content (AvgIpc) is 3.15. The van der Waals surface area contributed by atoms with E-state index in [0.717, 1.165) is 19.0 Å². The Labute approximate surface area is 121 Å². The number of piperazine rings is 1. The Morgan fingerprint density at radius 1 is 1.05 bits per heavy atom. The fourth-order valence-corrected chi connectivity index (χ4v) is 3.58. The summed E-state index contributed by atoms with van der Waals surface area (Å²) in [4.78, 5) is 5.29. The molecule has 0 radical (unpaired) electrons. The maximum atomic E-state index is 3.56. The van der Waals surface area contributed by atoms with Crippen molar-refractivity contribution >= 4 is 5.69 Å². The second-order valence-corrected chi connectivity index (χ2v) is 6.65. The van der Waals surface area contributed by atoms with Crippen LogP contribution in [0.25, 0.3) is 0 Å². The van der Waals surface area contributed by atoms with E-state index in [1.54, 1.807) is 0 Å². The Bertz CT molecular complexity index is 473. The van der Waals surface area contributed by atoms with E-state index in [0.29, 0.717) is 0 Å². The summed E-state index contributed by atoms with van der Waals surface area (Å²) < 4.78 is 0. The number of anilines is 1. The van der Waals surface area contributed by atoms with E-state index in [1.807, 2.05) is 0 Å². The summed E-state index contributed by atoms with van der Waals surface area (Å²) in [7, 11) is 0. The lowest BCUT2D eigenvalue weighted by atomic mass is 10.1. The zero-order valence-electron chi connectivity index (χ0n) is 12.3. The van der Waals surface area contributed by atoms with Crippen LogP contribution in [-0.2, 0) is 13.0 Å². The Morgan fingerprint density at radius 3 is 2.65 bits per heavy atom. The van der Waals surface area contributed by atoms with E-state index in [2.05, 4.69) is 33.3 Å². The molecule has 0 bridgehead atoms. The van der Waals surface area contributed by atoms with Gasteiger partial charge in [0.15, 0.2) is 0 Å². The van der Waals surface area contributed by atoms with Gasteiger partial charge in [-0.3, -0.25) is 4.90 Å². The van der Waals surface area contributed by atoms with Gasteiger partial charge in [0, 0.05) is 51.5 Å². The van der Waals surface area contributed by atoms with Gasteiger partial charge >= 0.3 is 0 Å². The molecule has 0 aromatic heterocycles. The number of para-hydroxylation sites is 1. The molecule has 1 aliphatic carbocycles. The van der Waals surface area contributed by atoms with Gasteiger partial charge in [-0.05, 0) is 36.3 Å². The number of benzene rings is 1. The normalized spacial score (nSPS) is 23.6. The standard InChI is InChI=1S/C17H25N3/c1-2-15-6-7-18-17(15)16(3-1)13-20-10-8-19(9-11-20)12-14-4-5-14/h1-3,14,18H,4-13H2. The Morgan fingerprint density at radius 2 is 1.85 bits per heavy atom. The van der Waals surface area contributed by atoms with Crippen LogP contribution in [0.2, 0.25) is 0 Å². The molecule has 1 aromatic rings. The third-order valence-corrected chi connectivity index (χ3v) is 5.01. The third-order valence-electron chi connectivity index (χ3n) is 5.01. The van der Waals surface area contributed by atoms with Crippen LogP contribution in [0.3, 0.4) is 0 Å². The lowest BCUT2D eigenvalue weighted by Gasteiger charge is -2.35. The predicted octanol–water partition coefficient (Wildman–Crippen LogP) is 2.18. The first-order valence-corrected chi connectivity index (χ1v) is 8.18. The van der Waals surface area contributed by atoms with Gasteiger partial charge in [0.25, 0.3) is 0 Å². The average molecular weight is 271 g/mol. The number of nitrogens with one attached hydrogen (secondary N) is 1. The fourth-order valence-electron chi connectivity index (χ4n) is 3.58. The van der Waals surface area contributed by atoms with Crippen molar-refractivity contribution in [1.29, 1.82) is 0 Å². The quantitative estimate of drug-likeness (QED) is 0.905. The van der Waals surface area contributed by atoms with Crippen LogP contribution in [0.5, 0.6) is 0 Å². The summed E-state index contributed by atoms with van der Waals surface area (Å²) in [5, 5.41) is 3.56. The van der Waals surface area contributed by atoms with Crippen molar-refractivity contribution in [3.63, 3.8) is 0 Å². The number of nitrogens with zero attached hydrogens (tertiary/aromatic N) is 2. The molecule has 2 heterocycles. The Hall–Kier alpha value is -1.06. The number of fused-ring (bicyclic) bond motifs is 1. The Kier molecular flexibility index (Phi) is 3.41. The van der Waals surface area contributed by atoms with Crippen LogP contribution in [0, 0.1) is 5.92 Å². The summed E-state index contributed by atoms with van der Waals surface area (Å²) in [5.74, 6) is 1.03. The minimum Gasteiger partial charge on any atom is -0.384 e. The first-order valence-electron chi connectivity index (χ1n) is 8.18. The molecule has 0 atom stereocenters. The summed E-state index contributed by atoms with van der Waals surface area (Å²) in [5.41, 5.74) is 4.43. The molecule has 2 fully saturated rings. The van der Waals surface area contributed by atoms with E-state index in [9.17, 15) is 0 Å². The summed E-state index contributed by atoms with van der Waals surface area (Å²) in [6.07, 6.45) is 4.14. The highest BCUT2D eigenvalue weighted by Crippen LogP contribution is 2.30. The summed E-state index contributed by atoms with van der Waals surface area (Å²) >= 11 is 0. The zero-order valence-corrected chi connectivity index (χ0v) is 12.3. The van der Waals surface area contributed by atoms with E-state index in [-0.39, 0.29) is 0 Å². The van der Waals surface area contributed by atoms with Crippen LogP contribution in [0.15, 0.2) is 18.2 Å². The highest BCUT2D eigenvalue weighted by molar-refractivity contribution is 5.61. The number of hydrogen-bond donors (Lipinski definition) is 1. The second-order valence-electron chi connectivity index (χ2n) is 6.65. The van der Waals surface area contributed by atoms with Crippen molar-refractivity contribution in [1.82, 2.24) is 9.80 Å². The van der Waals surface area contributed by atoms with Crippen molar-refractivity contribution in [2.75, 3.05) is 44.6 Å². The summed E-state index contributed by atoms with van der Waals surface area (Å²) in [6.45, 7) is 8.58. The van der Waals surface area contributed by atoms with Gasteiger partial charge in [0.1, 0.15) is 0 Å². The molecule has 0 amide bonds. The molecular formula is C17H25N3. The molecule has 3 nitrogen and oxygen atoms in total. The molecule has 0 unspecified atom stereocenters. The van der Waals surface area contributed by atoms with Crippen molar-refractivity contribution in [2.24, 2.45) is 5.92 Å². The molecule has 20 heavy (non-hydrogen) atoms. The van der Waals surface area contributed by atoms with Crippen LogP contribution in [0.4, 0.5) is 5.69 Å². The highest BCUT2D eigenvalue weighted by atomic mass is 15.3. The van der Waals surface area contributed by atoms with Gasteiger partial charge < -0.3 is 10.2 Å². The maximum absolute atomic E-state index is 3.56. The van der Waals surface area contributed by atoms with Gasteiger partial charge in [0.05, 0.1) is 0 Å². The summed E-state index contributed by atoms with van der Waals surface area (Å²) in [6, 6.07) is 6.80. The van der Waals surface area contributed by atoms with Gasteiger partial charge in [-0.2, -0.15) is 0 Å². The van der Waals surface area contributed by atoms with Crippen molar-refractivity contribution in [3.8, 4) is 0 Å². The van der Waals surface area contributed by atoms with E-state index >= 15 is 0 Å². The number of rotatable bonds is 4. The lowest BCUT2D eigenvalue weighted by molar-refractivity contribution is 0.123. The van der Waals surface area contributed by atoms with Crippen molar-refractivity contribution in [2.45, 2.75) is 25.8 Å². The van der Waals surface area contributed by atoms with Gasteiger partial charge in [0.2, 0.25) is 0 Å². The molecule has 1 saturated carbocycles. The van der Waals surface area contributed by atoms with Crippen LogP contribution in [-0.4, -0.2) is 49.1 Å². The lowest BCUT2D eigenvalue weighted by Crippen LogP contribution is -2.46. The molecule has 2 aliphatic heterocycles. The topological polar surface area (TPSA) is 18.5 Å². The molecule has 3 aliphatic rings. The largest absolute Gasteiger partial charge is 0.384 e. The Balaban J connectivity index is 1.35. The molecule has 108 valence electrons. The third kappa shape index (κ3) is 2.70. The van der Waals surface area contributed by atoms with Gasteiger partial charge in [-0.25, -0.2) is 0 Å². The van der Waals surface area contributed by atoms with Gasteiger partial charge in [-0.15, -0.1) is 0 Å². The van der Waals surface area contributed by atoms with Crippen LogP contribution in [0.1, 0.15) is 24.0 Å². The highest BCUT2D eigenvalue weighted by Gasteiger charge is 2.26. The molecule has 1 saturated heterocycles. The van der Waals surface area contributed by atoms with Crippen LogP contribution < -0.4 is 5.32 Å². The van der Waals surface area contributed by atoms with Gasteiger partial charge in [-0.1, -0.05) is 18.2 Å². The molecule has 3 heteroatoms. The molecular weight excluding hydrogens is 246 g/mol. The minimum atomic E-state index is 1.03. The SMILES string of the molecule is c1cc2c(c(CN3CCN(CC4CC4)CC3)c1)NCC2. The van der Waals surface area contributed by atoms with Crippen LogP contribution >= 0.6 is 0 Å². The first-order chi connectivity index (χ1) is 9.88. The maximum Gasteiger partial charge on any atom is 0.0419 e. The smallest absolute Gasteiger partial charge is 0.0419 e. The molecule has 0 spiro atoms. The monoisotopic (exact) mass is 271 g/mol. The molecule has 4 rings (SSSR count). The molecule has 1 N–H and O–H groups in total. The van der Waals surface area contributed by atoms with E-state index < -0.39 is 0 Å². The fraction of sp³-hybridized carbons (Fsp3) is 0.647. The predicted molar refractivity (Wildman–Crippen MR) is 83.1 cm³/mol. The minimum absolute atomic E-state index is 1.03. The van der Waals surface area contributed by atoms with E-state index in [4.69, 9.17) is 0 Å². The molecule has 1 aromatic carbocycles. The zero-order chi connectivity index (χ0) is 13.4. The first kappa shape index (κ1) is 12.7. The van der Waals surface area contributed by atoms with E-state index in [1.165, 1.54) is 68.8 Å². The van der Waals surface area contributed by atoms with Crippen molar-refractivity contribution < 1.29 is 0 Å². The number of hydrogen-bond acceptors (Lipinski definition) is 3. The second kappa shape index (κ2) is 5.38.